The van der Waals surface area contributed by atoms with Crippen LogP contribution in [0.3, 0.4) is 0 Å². The first kappa shape index (κ1) is 21.4. The molecule has 160 valence electrons. The van der Waals surface area contributed by atoms with Gasteiger partial charge in [0.25, 0.3) is 0 Å². The quantitative estimate of drug-likeness (QED) is 0.829. The summed E-state index contributed by atoms with van der Waals surface area (Å²) in [6, 6.07) is 2.41. The van der Waals surface area contributed by atoms with Gasteiger partial charge in [0.1, 0.15) is 11.4 Å². The van der Waals surface area contributed by atoms with Crippen LogP contribution in [0.4, 0.5) is 19.0 Å². The summed E-state index contributed by atoms with van der Waals surface area (Å²) in [4.78, 5) is 32.7. The van der Waals surface area contributed by atoms with Crippen molar-refractivity contribution in [3.05, 3.63) is 23.9 Å². The zero-order chi connectivity index (χ0) is 21.1. The van der Waals surface area contributed by atoms with Gasteiger partial charge in [-0.3, -0.25) is 9.59 Å². The summed E-state index contributed by atoms with van der Waals surface area (Å²) in [5.41, 5.74) is -1.60. The molecule has 1 aromatic heterocycles. The minimum absolute atomic E-state index is 0.0466. The molecule has 3 rings (SSSR count). The minimum Gasteiger partial charge on any atom is -0.355 e. The monoisotopic (exact) mass is 412 g/mol. The molecule has 1 saturated carbocycles. The van der Waals surface area contributed by atoms with Gasteiger partial charge in [-0.25, -0.2) is 4.98 Å². The largest absolute Gasteiger partial charge is 0.417 e. The number of amides is 2. The molecule has 0 unspecified atom stereocenters. The first-order valence-electron chi connectivity index (χ1n) is 10.1. The van der Waals surface area contributed by atoms with E-state index >= 15 is 0 Å². The molecular formula is C20H27F3N4O2. The summed E-state index contributed by atoms with van der Waals surface area (Å²) >= 11 is 0. The van der Waals surface area contributed by atoms with Gasteiger partial charge in [-0.1, -0.05) is 19.3 Å². The Kier molecular flexibility index (Phi) is 6.33. The lowest BCUT2D eigenvalue weighted by molar-refractivity contribution is -0.143. The van der Waals surface area contributed by atoms with E-state index in [9.17, 15) is 22.8 Å². The highest BCUT2D eigenvalue weighted by molar-refractivity contribution is 5.91. The second-order valence-corrected chi connectivity index (χ2v) is 7.86. The number of halogens is 3. The number of pyridine rings is 1. The maximum absolute atomic E-state index is 13.3. The summed E-state index contributed by atoms with van der Waals surface area (Å²) in [6.07, 6.45) is 1.27. The van der Waals surface area contributed by atoms with Crippen molar-refractivity contribution in [3.8, 4) is 0 Å². The maximum atomic E-state index is 13.3. The number of carbonyl (C=O) groups is 2. The van der Waals surface area contributed by atoms with Gasteiger partial charge in [-0.05, 0) is 31.4 Å². The molecule has 0 bridgehead atoms. The van der Waals surface area contributed by atoms with Crippen LogP contribution in [0.25, 0.3) is 0 Å². The molecule has 1 saturated heterocycles. The van der Waals surface area contributed by atoms with E-state index in [-0.39, 0.29) is 11.8 Å². The van der Waals surface area contributed by atoms with Gasteiger partial charge in [0.05, 0.1) is 5.56 Å². The number of alkyl halides is 3. The fourth-order valence-electron chi connectivity index (χ4n) is 4.28. The Morgan fingerprint density at radius 1 is 1.03 bits per heavy atom. The number of hydrogen-bond acceptors (Lipinski definition) is 4. The SMILES string of the molecule is CC(=O)NC1(C(=O)N2CCCN(c3ccc(C(F)(F)F)cn3)CC2)CCCCC1. The Bertz CT molecular complexity index is 730. The number of anilines is 1. The first-order chi connectivity index (χ1) is 13.7. The summed E-state index contributed by atoms with van der Waals surface area (Å²) in [6.45, 7) is 3.53. The Morgan fingerprint density at radius 2 is 1.76 bits per heavy atom. The van der Waals surface area contributed by atoms with Gasteiger partial charge in [-0.2, -0.15) is 13.2 Å². The third kappa shape index (κ3) is 5.00. The molecule has 0 aromatic carbocycles. The summed E-state index contributed by atoms with van der Waals surface area (Å²) in [5, 5.41) is 2.91. The highest BCUT2D eigenvalue weighted by atomic mass is 19.4. The standard InChI is InChI=1S/C20H27F3N4O2/c1-15(28)25-19(8-3-2-4-9-19)18(29)27-11-5-10-26(12-13-27)17-7-6-16(14-24-17)20(21,22)23/h6-7,14H,2-5,8-13H2,1H3,(H,25,28). The molecule has 2 amide bonds. The van der Waals surface area contributed by atoms with Crippen LogP contribution in [-0.2, 0) is 15.8 Å². The van der Waals surface area contributed by atoms with E-state index in [4.69, 9.17) is 0 Å². The van der Waals surface area contributed by atoms with Crippen LogP contribution in [-0.4, -0.2) is 53.4 Å². The number of rotatable bonds is 3. The lowest BCUT2D eigenvalue weighted by atomic mass is 9.80. The van der Waals surface area contributed by atoms with Crippen molar-refractivity contribution in [2.75, 3.05) is 31.1 Å². The summed E-state index contributed by atoms with van der Waals surface area (Å²) < 4.78 is 38.2. The molecule has 2 aliphatic rings. The van der Waals surface area contributed by atoms with Gasteiger partial charge >= 0.3 is 6.18 Å². The molecule has 1 N–H and O–H groups in total. The lowest BCUT2D eigenvalue weighted by Crippen LogP contribution is -2.60. The lowest BCUT2D eigenvalue weighted by Gasteiger charge is -2.40. The molecule has 29 heavy (non-hydrogen) atoms. The van der Waals surface area contributed by atoms with Gasteiger partial charge in [0, 0.05) is 39.3 Å². The molecular weight excluding hydrogens is 385 g/mol. The molecule has 2 heterocycles. The van der Waals surface area contributed by atoms with Crippen LogP contribution in [0.1, 0.15) is 51.0 Å². The normalized spacial score (nSPS) is 20.1. The second-order valence-electron chi connectivity index (χ2n) is 7.86. The number of carbonyl (C=O) groups excluding carboxylic acids is 2. The van der Waals surface area contributed by atoms with Gasteiger partial charge in [0.2, 0.25) is 11.8 Å². The zero-order valence-electron chi connectivity index (χ0n) is 16.6. The minimum atomic E-state index is -4.41. The Balaban J connectivity index is 1.68. The fraction of sp³-hybridized carbons (Fsp3) is 0.650. The van der Waals surface area contributed by atoms with Crippen LogP contribution in [0, 0.1) is 0 Å². The van der Waals surface area contributed by atoms with E-state index in [0.717, 1.165) is 31.5 Å². The number of aromatic nitrogens is 1. The van der Waals surface area contributed by atoms with Gasteiger partial charge < -0.3 is 15.1 Å². The maximum Gasteiger partial charge on any atom is 0.417 e. The molecule has 2 fully saturated rings. The van der Waals surface area contributed by atoms with Gasteiger partial charge in [0.15, 0.2) is 0 Å². The van der Waals surface area contributed by atoms with Crippen molar-refractivity contribution in [1.82, 2.24) is 15.2 Å². The molecule has 1 aromatic rings. The highest BCUT2D eigenvalue weighted by Crippen LogP contribution is 2.31. The molecule has 1 aliphatic carbocycles. The van der Waals surface area contributed by atoms with E-state index in [1.165, 1.54) is 13.0 Å². The van der Waals surface area contributed by atoms with Crippen molar-refractivity contribution < 1.29 is 22.8 Å². The van der Waals surface area contributed by atoms with Crippen molar-refractivity contribution in [2.45, 2.75) is 57.2 Å². The van der Waals surface area contributed by atoms with E-state index in [1.54, 1.807) is 4.90 Å². The van der Waals surface area contributed by atoms with Crippen molar-refractivity contribution in [2.24, 2.45) is 0 Å². The smallest absolute Gasteiger partial charge is 0.355 e. The second kappa shape index (κ2) is 8.59. The first-order valence-corrected chi connectivity index (χ1v) is 10.1. The predicted molar refractivity (Wildman–Crippen MR) is 102 cm³/mol. The molecule has 6 nitrogen and oxygen atoms in total. The fourth-order valence-corrected chi connectivity index (χ4v) is 4.28. The number of nitrogens with one attached hydrogen (secondary N) is 1. The topological polar surface area (TPSA) is 65.5 Å². The Hall–Kier alpha value is -2.32. The number of nitrogens with zero attached hydrogens (tertiary/aromatic N) is 3. The third-order valence-electron chi connectivity index (χ3n) is 5.71. The zero-order valence-corrected chi connectivity index (χ0v) is 16.6. The van der Waals surface area contributed by atoms with E-state index < -0.39 is 17.3 Å². The van der Waals surface area contributed by atoms with Crippen LogP contribution >= 0.6 is 0 Å². The summed E-state index contributed by atoms with van der Waals surface area (Å²) in [7, 11) is 0. The van der Waals surface area contributed by atoms with Crippen molar-refractivity contribution in [3.63, 3.8) is 0 Å². The van der Waals surface area contributed by atoms with Crippen molar-refractivity contribution >= 4 is 17.6 Å². The average molecular weight is 412 g/mol. The van der Waals surface area contributed by atoms with E-state index in [0.29, 0.717) is 51.3 Å². The van der Waals surface area contributed by atoms with Crippen molar-refractivity contribution in [1.29, 1.82) is 0 Å². The van der Waals surface area contributed by atoms with Crippen LogP contribution < -0.4 is 10.2 Å². The van der Waals surface area contributed by atoms with Crippen LogP contribution in [0.5, 0.6) is 0 Å². The Morgan fingerprint density at radius 3 is 2.34 bits per heavy atom. The predicted octanol–water partition coefficient (Wildman–Crippen LogP) is 2.98. The Labute approximate surface area is 168 Å². The average Bonchev–Trinajstić information content (AvgIpc) is 2.93. The highest BCUT2D eigenvalue weighted by Gasteiger charge is 2.43. The third-order valence-corrected chi connectivity index (χ3v) is 5.71. The van der Waals surface area contributed by atoms with Crippen LogP contribution in [0.15, 0.2) is 18.3 Å². The molecule has 9 heteroatoms. The molecule has 1 aliphatic heterocycles. The molecule has 0 atom stereocenters. The van der Waals surface area contributed by atoms with Crippen LogP contribution in [0.2, 0.25) is 0 Å². The molecule has 0 spiro atoms. The van der Waals surface area contributed by atoms with E-state index in [1.807, 2.05) is 4.90 Å². The van der Waals surface area contributed by atoms with E-state index in [2.05, 4.69) is 10.3 Å². The number of hydrogen-bond donors (Lipinski definition) is 1. The molecule has 0 radical (unpaired) electrons. The summed E-state index contributed by atoms with van der Waals surface area (Å²) in [5.74, 6) is 0.224. The van der Waals surface area contributed by atoms with Gasteiger partial charge in [-0.15, -0.1) is 0 Å².